The van der Waals surface area contributed by atoms with Gasteiger partial charge in [0.2, 0.25) is 0 Å². The lowest BCUT2D eigenvalue weighted by atomic mass is 10.0. The molecule has 0 radical (unpaired) electrons. The Morgan fingerprint density at radius 1 is 1.41 bits per heavy atom. The van der Waals surface area contributed by atoms with Gasteiger partial charge < -0.3 is 5.32 Å². The highest BCUT2D eigenvalue weighted by Gasteiger charge is 2.25. The molecule has 1 aliphatic heterocycles. The number of nitrogens with zero attached hydrogens (tertiary/aromatic N) is 2. The van der Waals surface area contributed by atoms with Crippen LogP contribution >= 0.6 is 0 Å². The quantitative estimate of drug-likeness (QED) is 0.862. The van der Waals surface area contributed by atoms with Gasteiger partial charge in [-0.15, -0.1) is 0 Å². The molecular formula is C14H23N3. The number of piperazine rings is 1. The Hall–Kier alpha value is -0.930. The molecule has 0 aliphatic carbocycles. The van der Waals surface area contributed by atoms with Crippen molar-refractivity contribution in [3.05, 3.63) is 30.1 Å². The van der Waals surface area contributed by atoms with Gasteiger partial charge in [0.15, 0.2) is 0 Å². The molecule has 2 unspecified atom stereocenters. The molecule has 0 spiro atoms. The lowest BCUT2D eigenvalue weighted by Gasteiger charge is -2.40. The molecule has 2 rings (SSSR count). The van der Waals surface area contributed by atoms with Gasteiger partial charge in [-0.1, -0.05) is 19.9 Å². The zero-order chi connectivity index (χ0) is 12.1. The van der Waals surface area contributed by atoms with Gasteiger partial charge in [0.1, 0.15) is 0 Å². The SMILES string of the molecule is CCC1CN(Cc2cccnc2)C(CC)CN1. The zero-order valence-electron chi connectivity index (χ0n) is 10.9. The molecule has 1 saturated heterocycles. The van der Waals surface area contributed by atoms with Gasteiger partial charge in [0.25, 0.3) is 0 Å². The van der Waals surface area contributed by atoms with E-state index in [-0.39, 0.29) is 0 Å². The van der Waals surface area contributed by atoms with Crippen molar-refractivity contribution in [3.63, 3.8) is 0 Å². The molecule has 1 aromatic rings. The molecule has 1 aliphatic rings. The normalized spacial score (nSPS) is 26.0. The van der Waals surface area contributed by atoms with Crippen LogP contribution < -0.4 is 5.32 Å². The Balaban J connectivity index is 2.00. The first-order chi connectivity index (χ1) is 8.33. The molecule has 3 nitrogen and oxygen atoms in total. The van der Waals surface area contributed by atoms with Crippen molar-refractivity contribution < 1.29 is 0 Å². The molecular weight excluding hydrogens is 210 g/mol. The maximum absolute atomic E-state index is 4.20. The van der Waals surface area contributed by atoms with Gasteiger partial charge in [0, 0.05) is 44.1 Å². The zero-order valence-corrected chi connectivity index (χ0v) is 10.9. The summed E-state index contributed by atoms with van der Waals surface area (Å²) in [6, 6.07) is 5.51. The van der Waals surface area contributed by atoms with E-state index in [2.05, 4.69) is 35.1 Å². The van der Waals surface area contributed by atoms with Gasteiger partial charge in [0.05, 0.1) is 0 Å². The Morgan fingerprint density at radius 3 is 2.94 bits per heavy atom. The molecule has 94 valence electrons. The molecule has 1 fully saturated rings. The number of aromatic nitrogens is 1. The van der Waals surface area contributed by atoms with Crippen molar-refractivity contribution in [1.82, 2.24) is 15.2 Å². The van der Waals surface area contributed by atoms with Crippen molar-refractivity contribution in [1.29, 1.82) is 0 Å². The second-order valence-corrected chi connectivity index (χ2v) is 4.87. The van der Waals surface area contributed by atoms with Crippen LogP contribution in [0.15, 0.2) is 24.5 Å². The maximum atomic E-state index is 4.20. The number of pyridine rings is 1. The summed E-state index contributed by atoms with van der Waals surface area (Å²) in [6.45, 7) is 7.84. The Bertz CT molecular complexity index is 325. The predicted molar refractivity (Wildman–Crippen MR) is 70.8 cm³/mol. The second kappa shape index (κ2) is 6.12. The van der Waals surface area contributed by atoms with Crippen LogP contribution in [0.25, 0.3) is 0 Å². The Labute approximate surface area is 104 Å². The minimum absolute atomic E-state index is 0.648. The third kappa shape index (κ3) is 3.27. The van der Waals surface area contributed by atoms with Gasteiger partial charge >= 0.3 is 0 Å². The minimum atomic E-state index is 0.648. The van der Waals surface area contributed by atoms with E-state index < -0.39 is 0 Å². The lowest BCUT2D eigenvalue weighted by molar-refractivity contribution is 0.117. The van der Waals surface area contributed by atoms with E-state index in [0.29, 0.717) is 12.1 Å². The molecule has 3 heteroatoms. The summed E-state index contributed by atoms with van der Waals surface area (Å²) in [5, 5.41) is 3.63. The van der Waals surface area contributed by atoms with Crippen molar-refractivity contribution in [3.8, 4) is 0 Å². The summed E-state index contributed by atoms with van der Waals surface area (Å²) in [6.07, 6.45) is 6.24. The first-order valence-electron chi connectivity index (χ1n) is 6.69. The standard InChI is InChI=1S/C14H23N3/c1-3-13-11-17(14(4-2)9-16-13)10-12-6-5-7-15-8-12/h5-8,13-14,16H,3-4,9-11H2,1-2H3. The monoisotopic (exact) mass is 233 g/mol. The first-order valence-corrected chi connectivity index (χ1v) is 6.69. The van der Waals surface area contributed by atoms with Crippen molar-refractivity contribution in [2.24, 2.45) is 0 Å². The summed E-state index contributed by atoms with van der Waals surface area (Å²) in [4.78, 5) is 6.80. The summed E-state index contributed by atoms with van der Waals surface area (Å²) in [7, 11) is 0. The lowest BCUT2D eigenvalue weighted by Crippen LogP contribution is -2.55. The molecule has 0 aromatic carbocycles. The van der Waals surface area contributed by atoms with Crippen LogP contribution in [0, 0.1) is 0 Å². The number of rotatable bonds is 4. The van der Waals surface area contributed by atoms with Crippen LogP contribution in [-0.4, -0.2) is 35.1 Å². The summed E-state index contributed by atoms with van der Waals surface area (Å²) in [5.74, 6) is 0. The number of nitrogens with one attached hydrogen (secondary N) is 1. The highest BCUT2D eigenvalue weighted by Crippen LogP contribution is 2.15. The van der Waals surface area contributed by atoms with Crippen molar-refractivity contribution in [2.75, 3.05) is 13.1 Å². The average Bonchev–Trinajstić information content (AvgIpc) is 2.40. The molecule has 2 heterocycles. The van der Waals surface area contributed by atoms with E-state index in [9.17, 15) is 0 Å². The van der Waals surface area contributed by atoms with E-state index in [1.165, 1.54) is 18.4 Å². The summed E-state index contributed by atoms with van der Waals surface area (Å²) in [5.41, 5.74) is 1.32. The smallest absolute Gasteiger partial charge is 0.0312 e. The van der Waals surface area contributed by atoms with Gasteiger partial charge in [-0.3, -0.25) is 9.88 Å². The Morgan fingerprint density at radius 2 is 2.29 bits per heavy atom. The minimum Gasteiger partial charge on any atom is -0.311 e. The van der Waals surface area contributed by atoms with Crippen LogP contribution in [0.5, 0.6) is 0 Å². The van der Waals surface area contributed by atoms with Crippen LogP contribution in [0.3, 0.4) is 0 Å². The summed E-state index contributed by atoms with van der Waals surface area (Å²) < 4.78 is 0. The van der Waals surface area contributed by atoms with E-state index in [1.54, 1.807) is 0 Å². The van der Waals surface area contributed by atoms with Crippen molar-refractivity contribution >= 4 is 0 Å². The number of hydrogen-bond donors (Lipinski definition) is 1. The largest absolute Gasteiger partial charge is 0.311 e. The first kappa shape index (κ1) is 12.5. The van der Waals surface area contributed by atoms with Gasteiger partial charge in [-0.05, 0) is 24.5 Å². The van der Waals surface area contributed by atoms with Crippen molar-refractivity contribution in [2.45, 2.75) is 45.3 Å². The fraction of sp³-hybridized carbons (Fsp3) is 0.643. The third-order valence-electron chi connectivity index (χ3n) is 3.69. The fourth-order valence-corrected chi connectivity index (χ4v) is 2.52. The maximum Gasteiger partial charge on any atom is 0.0312 e. The van der Waals surface area contributed by atoms with E-state index in [1.807, 2.05) is 18.5 Å². The van der Waals surface area contributed by atoms with E-state index in [0.717, 1.165) is 19.6 Å². The van der Waals surface area contributed by atoms with Crippen LogP contribution in [0.4, 0.5) is 0 Å². The number of hydrogen-bond acceptors (Lipinski definition) is 3. The molecule has 17 heavy (non-hydrogen) atoms. The molecule has 0 amide bonds. The highest BCUT2D eigenvalue weighted by molar-refractivity contribution is 5.09. The molecule has 1 aromatic heterocycles. The molecule has 1 N–H and O–H groups in total. The van der Waals surface area contributed by atoms with Crippen LogP contribution in [0.1, 0.15) is 32.3 Å². The van der Waals surface area contributed by atoms with Crippen LogP contribution in [0.2, 0.25) is 0 Å². The highest BCUT2D eigenvalue weighted by atomic mass is 15.2. The molecule has 0 saturated carbocycles. The summed E-state index contributed by atoms with van der Waals surface area (Å²) >= 11 is 0. The van der Waals surface area contributed by atoms with E-state index in [4.69, 9.17) is 0 Å². The third-order valence-corrected chi connectivity index (χ3v) is 3.69. The van der Waals surface area contributed by atoms with Gasteiger partial charge in [-0.2, -0.15) is 0 Å². The predicted octanol–water partition coefficient (Wildman–Crippen LogP) is 2.04. The fourth-order valence-electron chi connectivity index (χ4n) is 2.52. The molecule has 2 atom stereocenters. The Kier molecular flexibility index (Phi) is 4.51. The van der Waals surface area contributed by atoms with Crippen LogP contribution in [-0.2, 0) is 6.54 Å². The second-order valence-electron chi connectivity index (χ2n) is 4.87. The van der Waals surface area contributed by atoms with Gasteiger partial charge in [-0.25, -0.2) is 0 Å². The average molecular weight is 233 g/mol. The topological polar surface area (TPSA) is 28.2 Å². The molecule has 0 bridgehead atoms. The van der Waals surface area contributed by atoms with E-state index >= 15 is 0 Å².